The Morgan fingerprint density at radius 1 is 0.957 bits per heavy atom. The van der Waals surface area contributed by atoms with Crippen LogP contribution in [0.1, 0.15) is 5.56 Å². The van der Waals surface area contributed by atoms with Crippen molar-refractivity contribution in [3.63, 3.8) is 0 Å². The van der Waals surface area contributed by atoms with Gasteiger partial charge in [0.1, 0.15) is 6.33 Å². The lowest BCUT2D eigenvalue weighted by Gasteiger charge is -2.21. The van der Waals surface area contributed by atoms with Crippen LogP contribution in [0, 0.1) is 0 Å². The van der Waals surface area contributed by atoms with Gasteiger partial charge in [-0.1, -0.05) is 30.3 Å². The van der Waals surface area contributed by atoms with Gasteiger partial charge in [0.2, 0.25) is 0 Å². The summed E-state index contributed by atoms with van der Waals surface area (Å²) >= 11 is 0. The third-order valence-electron chi connectivity index (χ3n) is 3.62. The molecule has 120 valence electrons. The van der Waals surface area contributed by atoms with Crippen LogP contribution in [0.25, 0.3) is 11.2 Å². The summed E-state index contributed by atoms with van der Waals surface area (Å²) in [5.74, 6) is 0.630. The zero-order chi connectivity index (χ0) is 16.1. The molecule has 0 bridgehead atoms. The molecule has 2 heterocycles. The van der Waals surface area contributed by atoms with Crippen LogP contribution in [0.15, 0.2) is 43.0 Å². The van der Waals surface area contributed by atoms with Gasteiger partial charge in [0.25, 0.3) is 0 Å². The normalized spacial score (nSPS) is 11.0. The summed E-state index contributed by atoms with van der Waals surface area (Å²) in [6, 6.07) is 10.1. The van der Waals surface area contributed by atoms with Crippen LogP contribution >= 0.6 is 0 Å². The van der Waals surface area contributed by atoms with Gasteiger partial charge in [-0.2, -0.15) is 0 Å². The Bertz CT molecular complexity index is 754. The van der Waals surface area contributed by atoms with Gasteiger partial charge < -0.3 is 19.7 Å². The van der Waals surface area contributed by atoms with E-state index in [1.807, 2.05) is 27.7 Å². The summed E-state index contributed by atoms with van der Waals surface area (Å²) in [7, 11) is 0. The maximum absolute atomic E-state index is 9.20. The zero-order valence-corrected chi connectivity index (χ0v) is 12.7. The average molecular weight is 313 g/mol. The highest BCUT2D eigenvalue weighted by Crippen LogP contribution is 2.21. The number of aliphatic hydroxyl groups excluding tert-OH is 2. The minimum Gasteiger partial charge on any atom is -0.395 e. The molecular weight excluding hydrogens is 294 g/mol. The smallest absolute Gasteiger partial charge is 0.165 e. The van der Waals surface area contributed by atoms with Crippen molar-refractivity contribution in [3.8, 4) is 0 Å². The van der Waals surface area contributed by atoms with Crippen LogP contribution in [-0.2, 0) is 6.54 Å². The molecule has 23 heavy (non-hydrogen) atoms. The second-order valence-electron chi connectivity index (χ2n) is 5.16. The van der Waals surface area contributed by atoms with Gasteiger partial charge in [-0.3, -0.25) is 0 Å². The number of hydrogen-bond acceptors (Lipinski definition) is 6. The van der Waals surface area contributed by atoms with E-state index in [0.717, 1.165) is 11.2 Å². The number of hydrogen-bond donors (Lipinski definition) is 2. The van der Waals surface area contributed by atoms with Crippen LogP contribution in [0.4, 0.5) is 5.82 Å². The molecule has 0 aliphatic rings. The molecule has 0 unspecified atom stereocenters. The van der Waals surface area contributed by atoms with Crippen molar-refractivity contribution in [3.05, 3.63) is 48.5 Å². The Morgan fingerprint density at radius 2 is 1.70 bits per heavy atom. The summed E-state index contributed by atoms with van der Waals surface area (Å²) in [6.45, 7) is 1.41. The van der Waals surface area contributed by atoms with Crippen molar-refractivity contribution >= 4 is 17.0 Å². The van der Waals surface area contributed by atoms with Crippen LogP contribution in [0.3, 0.4) is 0 Å². The maximum atomic E-state index is 9.20. The molecule has 0 fully saturated rings. The quantitative estimate of drug-likeness (QED) is 0.666. The molecule has 1 aromatic carbocycles. The van der Waals surface area contributed by atoms with Gasteiger partial charge in [-0.05, 0) is 5.56 Å². The lowest BCUT2D eigenvalue weighted by Crippen LogP contribution is -2.30. The average Bonchev–Trinajstić information content (AvgIpc) is 2.99. The molecule has 0 aliphatic heterocycles. The molecule has 2 aromatic heterocycles. The number of fused-ring (bicyclic) bond motifs is 1. The topological polar surface area (TPSA) is 87.3 Å². The third-order valence-corrected chi connectivity index (χ3v) is 3.62. The summed E-state index contributed by atoms with van der Waals surface area (Å²) < 4.78 is 1.96. The largest absolute Gasteiger partial charge is 0.395 e. The van der Waals surface area contributed by atoms with E-state index in [1.165, 1.54) is 6.33 Å². The van der Waals surface area contributed by atoms with Gasteiger partial charge in [-0.15, -0.1) is 0 Å². The first-order valence-electron chi connectivity index (χ1n) is 7.50. The standard InChI is InChI=1S/C16H19N5O2/c22-8-6-20(7-9-23)15-14-16(18-11-17-15)21(12-19-14)10-13-4-2-1-3-5-13/h1-5,11-12,22-23H,6-10H2. The Morgan fingerprint density at radius 3 is 2.39 bits per heavy atom. The second-order valence-corrected chi connectivity index (χ2v) is 5.16. The van der Waals surface area contributed by atoms with E-state index in [4.69, 9.17) is 0 Å². The fourth-order valence-corrected chi connectivity index (χ4v) is 2.56. The van der Waals surface area contributed by atoms with Crippen LogP contribution in [0.5, 0.6) is 0 Å². The van der Waals surface area contributed by atoms with E-state index in [1.54, 1.807) is 6.33 Å². The molecule has 0 amide bonds. The minimum absolute atomic E-state index is 0.0176. The number of nitrogens with zero attached hydrogens (tertiary/aromatic N) is 5. The first-order chi connectivity index (χ1) is 11.3. The number of aliphatic hydroxyl groups is 2. The molecule has 0 saturated heterocycles. The number of rotatable bonds is 7. The Hall–Kier alpha value is -2.51. The highest BCUT2D eigenvalue weighted by atomic mass is 16.3. The fourth-order valence-electron chi connectivity index (χ4n) is 2.56. The highest BCUT2D eigenvalue weighted by Gasteiger charge is 2.15. The molecule has 0 spiro atoms. The first kappa shape index (κ1) is 15.4. The van der Waals surface area contributed by atoms with Crippen molar-refractivity contribution in [2.24, 2.45) is 0 Å². The SMILES string of the molecule is OCCN(CCO)c1ncnc2c1ncn2Cc1ccccc1. The van der Waals surface area contributed by atoms with E-state index in [0.29, 0.717) is 31.0 Å². The summed E-state index contributed by atoms with van der Waals surface area (Å²) in [6.07, 6.45) is 3.23. The molecule has 7 heteroatoms. The summed E-state index contributed by atoms with van der Waals surface area (Å²) in [4.78, 5) is 14.9. The molecule has 0 radical (unpaired) electrons. The van der Waals surface area contributed by atoms with E-state index in [-0.39, 0.29) is 13.2 Å². The number of aromatic nitrogens is 4. The Labute approximate surface area is 133 Å². The molecular formula is C16H19N5O2. The molecule has 3 rings (SSSR count). The minimum atomic E-state index is -0.0176. The lowest BCUT2D eigenvalue weighted by molar-refractivity contribution is 0.281. The van der Waals surface area contributed by atoms with E-state index in [2.05, 4.69) is 27.1 Å². The fraction of sp³-hybridized carbons (Fsp3) is 0.312. The number of imidazole rings is 1. The maximum Gasteiger partial charge on any atom is 0.165 e. The molecule has 7 nitrogen and oxygen atoms in total. The third kappa shape index (κ3) is 3.30. The summed E-state index contributed by atoms with van der Waals surface area (Å²) in [5.41, 5.74) is 2.57. The number of benzene rings is 1. The molecule has 3 aromatic rings. The van der Waals surface area contributed by atoms with Crippen LogP contribution in [-0.4, -0.2) is 56.0 Å². The van der Waals surface area contributed by atoms with Crippen LogP contribution in [0.2, 0.25) is 0 Å². The molecule has 0 aliphatic carbocycles. The Kier molecular flexibility index (Phi) is 4.80. The predicted molar refractivity (Wildman–Crippen MR) is 87.3 cm³/mol. The lowest BCUT2D eigenvalue weighted by atomic mass is 10.2. The molecule has 0 atom stereocenters. The highest BCUT2D eigenvalue weighted by molar-refractivity contribution is 5.83. The van der Waals surface area contributed by atoms with E-state index in [9.17, 15) is 10.2 Å². The van der Waals surface area contributed by atoms with Gasteiger partial charge in [0.05, 0.1) is 26.1 Å². The van der Waals surface area contributed by atoms with Crippen molar-refractivity contribution in [1.29, 1.82) is 0 Å². The Balaban J connectivity index is 1.96. The van der Waals surface area contributed by atoms with Crippen molar-refractivity contribution in [1.82, 2.24) is 19.5 Å². The molecule has 0 saturated carbocycles. The van der Waals surface area contributed by atoms with E-state index >= 15 is 0 Å². The monoisotopic (exact) mass is 313 g/mol. The second kappa shape index (κ2) is 7.17. The van der Waals surface area contributed by atoms with Gasteiger partial charge in [-0.25, -0.2) is 15.0 Å². The van der Waals surface area contributed by atoms with Crippen molar-refractivity contribution in [2.45, 2.75) is 6.54 Å². The summed E-state index contributed by atoms with van der Waals surface area (Å²) in [5, 5.41) is 18.4. The van der Waals surface area contributed by atoms with Gasteiger partial charge in [0, 0.05) is 13.1 Å². The van der Waals surface area contributed by atoms with Gasteiger partial charge in [0.15, 0.2) is 17.0 Å². The van der Waals surface area contributed by atoms with Gasteiger partial charge >= 0.3 is 0 Å². The first-order valence-corrected chi connectivity index (χ1v) is 7.50. The van der Waals surface area contributed by atoms with Crippen molar-refractivity contribution < 1.29 is 10.2 Å². The molecule has 2 N–H and O–H groups in total. The number of anilines is 1. The van der Waals surface area contributed by atoms with Crippen LogP contribution < -0.4 is 4.90 Å². The van der Waals surface area contributed by atoms with E-state index < -0.39 is 0 Å². The predicted octanol–water partition coefficient (Wildman–Crippen LogP) is 0.666. The zero-order valence-electron chi connectivity index (χ0n) is 12.7. The van der Waals surface area contributed by atoms with Crippen molar-refractivity contribution in [2.75, 3.05) is 31.2 Å².